The molecule has 0 radical (unpaired) electrons. The molecule has 52 valence electrons. The van der Waals surface area contributed by atoms with E-state index in [2.05, 4.69) is 13.0 Å². The Labute approximate surface area is 56.7 Å². The summed E-state index contributed by atoms with van der Waals surface area (Å²) in [7, 11) is 1.75. The van der Waals surface area contributed by atoms with Crippen LogP contribution in [0.25, 0.3) is 0 Å². The van der Waals surface area contributed by atoms with Gasteiger partial charge in [-0.3, -0.25) is 0 Å². The van der Waals surface area contributed by atoms with Gasteiger partial charge in [0.15, 0.2) is 0 Å². The van der Waals surface area contributed by atoms with E-state index in [-0.39, 0.29) is 0 Å². The first-order valence-corrected chi connectivity index (χ1v) is 3.56. The first-order valence-electron chi connectivity index (χ1n) is 3.56. The maximum atomic E-state index is 5.10. The summed E-state index contributed by atoms with van der Waals surface area (Å²) in [6, 6.07) is 0. The summed E-state index contributed by atoms with van der Waals surface area (Å²) in [4.78, 5) is 0. The highest BCUT2D eigenvalue weighted by atomic mass is 16.5. The minimum Gasteiger partial charge on any atom is -0.501 e. The smallest absolute Gasteiger partial charge is 0.0915 e. The van der Waals surface area contributed by atoms with Gasteiger partial charge in [-0.1, -0.05) is 6.92 Å². The Morgan fingerprint density at radius 2 is 2.44 bits per heavy atom. The molecule has 0 amide bonds. The van der Waals surface area contributed by atoms with Crippen LogP contribution in [0.15, 0.2) is 11.8 Å². The third kappa shape index (κ3) is 1.74. The van der Waals surface area contributed by atoms with E-state index in [1.165, 1.54) is 18.6 Å². The van der Waals surface area contributed by atoms with E-state index in [1.807, 2.05) is 0 Å². The zero-order valence-electron chi connectivity index (χ0n) is 6.18. The predicted molar refractivity (Wildman–Crippen MR) is 38.1 cm³/mol. The van der Waals surface area contributed by atoms with E-state index in [0.717, 1.165) is 12.3 Å². The van der Waals surface area contributed by atoms with Crippen molar-refractivity contribution in [3.05, 3.63) is 11.8 Å². The van der Waals surface area contributed by atoms with Crippen LogP contribution in [-0.4, -0.2) is 7.11 Å². The van der Waals surface area contributed by atoms with Crippen molar-refractivity contribution in [2.45, 2.75) is 26.2 Å². The average Bonchev–Trinajstić information content (AvgIpc) is 1.90. The summed E-state index contributed by atoms with van der Waals surface area (Å²) < 4.78 is 5.10. The van der Waals surface area contributed by atoms with Crippen LogP contribution in [0.3, 0.4) is 0 Å². The molecule has 0 aromatic heterocycles. The molecule has 1 atom stereocenters. The molecule has 0 aliphatic heterocycles. The summed E-state index contributed by atoms with van der Waals surface area (Å²) >= 11 is 0. The zero-order chi connectivity index (χ0) is 6.69. The van der Waals surface area contributed by atoms with E-state index in [1.54, 1.807) is 7.11 Å². The van der Waals surface area contributed by atoms with Crippen LogP contribution >= 0.6 is 0 Å². The molecule has 0 heterocycles. The summed E-state index contributed by atoms with van der Waals surface area (Å²) in [5.41, 5.74) is 0. The number of hydrogen-bond acceptors (Lipinski definition) is 1. The molecular formula is C8H14O. The largest absolute Gasteiger partial charge is 0.501 e. The molecule has 1 aliphatic carbocycles. The second kappa shape index (κ2) is 2.90. The standard InChI is InChI=1S/C8H14O/c1-7-3-5-8(9-2)6-4-7/h5,7H,3-4,6H2,1-2H3. The summed E-state index contributed by atoms with van der Waals surface area (Å²) in [5.74, 6) is 2.04. The Balaban J connectivity index is 2.40. The predicted octanol–water partition coefficient (Wildman–Crippen LogP) is 2.34. The minimum absolute atomic E-state index is 0.865. The van der Waals surface area contributed by atoms with Crippen molar-refractivity contribution < 1.29 is 4.74 Å². The molecule has 0 N–H and O–H groups in total. The number of methoxy groups -OCH3 is 1. The van der Waals surface area contributed by atoms with E-state index in [9.17, 15) is 0 Å². The van der Waals surface area contributed by atoms with Gasteiger partial charge in [-0.2, -0.15) is 0 Å². The maximum absolute atomic E-state index is 5.10. The molecule has 1 rings (SSSR count). The van der Waals surface area contributed by atoms with Crippen LogP contribution in [0.1, 0.15) is 26.2 Å². The third-order valence-electron chi connectivity index (χ3n) is 1.89. The van der Waals surface area contributed by atoms with Crippen molar-refractivity contribution in [1.29, 1.82) is 0 Å². The van der Waals surface area contributed by atoms with Crippen molar-refractivity contribution in [2.24, 2.45) is 5.92 Å². The maximum Gasteiger partial charge on any atom is 0.0915 e. The molecule has 1 aliphatic rings. The molecule has 0 saturated carbocycles. The molecule has 0 spiro atoms. The van der Waals surface area contributed by atoms with Crippen LogP contribution in [0.4, 0.5) is 0 Å². The number of rotatable bonds is 1. The lowest BCUT2D eigenvalue weighted by Crippen LogP contribution is -2.02. The Morgan fingerprint density at radius 1 is 1.67 bits per heavy atom. The second-order valence-corrected chi connectivity index (χ2v) is 2.75. The summed E-state index contributed by atoms with van der Waals surface area (Å²) in [6.45, 7) is 2.28. The van der Waals surface area contributed by atoms with Gasteiger partial charge in [-0.05, 0) is 24.8 Å². The monoisotopic (exact) mass is 126 g/mol. The van der Waals surface area contributed by atoms with Crippen LogP contribution in [-0.2, 0) is 4.74 Å². The fraction of sp³-hybridized carbons (Fsp3) is 0.750. The fourth-order valence-corrected chi connectivity index (χ4v) is 1.13. The molecule has 9 heavy (non-hydrogen) atoms. The van der Waals surface area contributed by atoms with Crippen LogP contribution in [0.2, 0.25) is 0 Å². The Hall–Kier alpha value is -0.460. The second-order valence-electron chi connectivity index (χ2n) is 2.75. The topological polar surface area (TPSA) is 9.23 Å². The van der Waals surface area contributed by atoms with Gasteiger partial charge in [0.25, 0.3) is 0 Å². The SMILES string of the molecule is COC1=CCC(C)CC1. The molecule has 1 nitrogen and oxygen atoms in total. The third-order valence-corrected chi connectivity index (χ3v) is 1.89. The highest BCUT2D eigenvalue weighted by Gasteiger charge is 2.08. The molecule has 0 aromatic rings. The first-order chi connectivity index (χ1) is 4.33. The van der Waals surface area contributed by atoms with E-state index >= 15 is 0 Å². The molecule has 0 fully saturated rings. The number of ether oxygens (including phenoxy) is 1. The van der Waals surface area contributed by atoms with Gasteiger partial charge in [0.2, 0.25) is 0 Å². The number of hydrogen-bond donors (Lipinski definition) is 0. The van der Waals surface area contributed by atoms with Crippen molar-refractivity contribution in [3.63, 3.8) is 0 Å². The quantitative estimate of drug-likeness (QED) is 0.524. The van der Waals surface area contributed by atoms with Crippen LogP contribution < -0.4 is 0 Å². The highest BCUT2D eigenvalue weighted by molar-refractivity contribution is 4.97. The first kappa shape index (κ1) is 6.66. The summed E-state index contributed by atoms with van der Waals surface area (Å²) in [5, 5.41) is 0. The molecular weight excluding hydrogens is 112 g/mol. The summed E-state index contributed by atoms with van der Waals surface area (Å²) in [6.07, 6.45) is 5.83. The Kier molecular flexibility index (Phi) is 2.15. The van der Waals surface area contributed by atoms with E-state index < -0.39 is 0 Å². The number of allylic oxidation sites excluding steroid dienone is 2. The van der Waals surface area contributed by atoms with Gasteiger partial charge < -0.3 is 4.74 Å². The van der Waals surface area contributed by atoms with Crippen LogP contribution in [0, 0.1) is 5.92 Å². The van der Waals surface area contributed by atoms with Gasteiger partial charge in [-0.25, -0.2) is 0 Å². The molecule has 1 heteroatoms. The average molecular weight is 126 g/mol. The normalized spacial score (nSPS) is 27.3. The van der Waals surface area contributed by atoms with Gasteiger partial charge >= 0.3 is 0 Å². The Bertz CT molecular complexity index is 116. The van der Waals surface area contributed by atoms with Gasteiger partial charge in [-0.15, -0.1) is 0 Å². The van der Waals surface area contributed by atoms with Crippen molar-refractivity contribution >= 4 is 0 Å². The molecule has 0 saturated heterocycles. The fourth-order valence-electron chi connectivity index (χ4n) is 1.13. The van der Waals surface area contributed by atoms with E-state index in [0.29, 0.717) is 0 Å². The van der Waals surface area contributed by atoms with Crippen molar-refractivity contribution in [1.82, 2.24) is 0 Å². The molecule has 0 bridgehead atoms. The van der Waals surface area contributed by atoms with Crippen molar-refractivity contribution in [3.8, 4) is 0 Å². The lowest BCUT2D eigenvalue weighted by molar-refractivity contribution is 0.256. The van der Waals surface area contributed by atoms with E-state index in [4.69, 9.17) is 4.74 Å². The highest BCUT2D eigenvalue weighted by Crippen LogP contribution is 2.22. The van der Waals surface area contributed by atoms with Crippen LogP contribution in [0.5, 0.6) is 0 Å². The minimum atomic E-state index is 0.865. The molecule has 0 aromatic carbocycles. The lowest BCUT2D eigenvalue weighted by Gasteiger charge is -2.16. The lowest BCUT2D eigenvalue weighted by atomic mass is 9.95. The van der Waals surface area contributed by atoms with Gasteiger partial charge in [0.1, 0.15) is 0 Å². The molecule has 1 unspecified atom stereocenters. The van der Waals surface area contributed by atoms with Gasteiger partial charge in [0, 0.05) is 6.42 Å². The Morgan fingerprint density at radius 3 is 2.89 bits per heavy atom. The van der Waals surface area contributed by atoms with Crippen molar-refractivity contribution in [2.75, 3.05) is 7.11 Å². The van der Waals surface area contributed by atoms with Gasteiger partial charge in [0.05, 0.1) is 12.9 Å². The zero-order valence-corrected chi connectivity index (χ0v) is 6.18.